The Labute approximate surface area is 230 Å². The van der Waals surface area contributed by atoms with E-state index in [1.165, 1.54) is 0 Å². The van der Waals surface area contributed by atoms with Crippen molar-refractivity contribution in [1.82, 2.24) is 4.72 Å². The second-order valence-corrected chi connectivity index (χ2v) is 11.8. The highest BCUT2D eigenvalue weighted by Crippen LogP contribution is 2.55. The first-order valence-corrected chi connectivity index (χ1v) is 14.2. The number of fused-ring (bicyclic) bond motifs is 1. The van der Waals surface area contributed by atoms with Crippen molar-refractivity contribution in [1.29, 1.82) is 0 Å². The van der Waals surface area contributed by atoms with Crippen LogP contribution in [0, 0.1) is 6.92 Å². The molecule has 36 heavy (non-hydrogen) atoms. The van der Waals surface area contributed by atoms with Crippen LogP contribution in [-0.2, 0) is 15.6 Å². The van der Waals surface area contributed by atoms with E-state index in [1.807, 2.05) is 79.7 Å². The zero-order valence-corrected chi connectivity index (χ0v) is 23.4. The van der Waals surface area contributed by atoms with Crippen LogP contribution in [0.3, 0.4) is 0 Å². The molecular formula is C29H23ClINO3S. The molecule has 4 aromatic carbocycles. The lowest BCUT2D eigenvalue weighted by Crippen LogP contribution is -2.46. The summed E-state index contributed by atoms with van der Waals surface area (Å²) in [5.41, 5.74) is 4.26. The predicted molar refractivity (Wildman–Crippen MR) is 153 cm³/mol. The Morgan fingerprint density at radius 2 is 1.56 bits per heavy atom. The largest absolute Gasteiger partial charge is 0.497 e. The Bertz CT molecular complexity index is 1570. The normalized spacial score (nSPS) is 17.2. The van der Waals surface area contributed by atoms with E-state index in [4.69, 9.17) is 16.3 Å². The van der Waals surface area contributed by atoms with Gasteiger partial charge in [-0.3, -0.25) is 0 Å². The van der Waals surface area contributed by atoms with Crippen molar-refractivity contribution in [3.05, 3.63) is 133 Å². The van der Waals surface area contributed by atoms with E-state index in [1.54, 1.807) is 31.4 Å². The minimum absolute atomic E-state index is 0.206. The minimum atomic E-state index is -3.93. The molecule has 1 aliphatic rings. The van der Waals surface area contributed by atoms with Crippen molar-refractivity contribution >= 4 is 49.8 Å². The summed E-state index contributed by atoms with van der Waals surface area (Å²) in [6.45, 7) is 1.93. The highest BCUT2D eigenvalue weighted by molar-refractivity contribution is 14.1. The highest BCUT2D eigenvalue weighted by Gasteiger charge is 2.49. The number of halogens is 2. The summed E-state index contributed by atoms with van der Waals surface area (Å²) < 4.78 is 37.3. The van der Waals surface area contributed by atoms with Gasteiger partial charge in [0.15, 0.2) is 0 Å². The molecule has 1 atom stereocenters. The topological polar surface area (TPSA) is 55.4 Å². The smallest absolute Gasteiger partial charge is 0.241 e. The van der Waals surface area contributed by atoms with Crippen LogP contribution in [0.25, 0.3) is 5.57 Å². The molecule has 0 bridgehead atoms. The molecule has 7 heteroatoms. The summed E-state index contributed by atoms with van der Waals surface area (Å²) >= 11 is 8.47. The number of rotatable bonds is 6. The number of nitrogens with one attached hydrogen (secondary N) is 1. The molecule has 0 heterocycles. The first-order chi connectivity index (χ1) is 17.3. The first kappa shape index (κ1) is 25.0. The van der Waals surface area contributed by atoms with E-state index < -0.39 is 15.6 Å². The predicted octanol–water partition coefficient (Wildman–Crippen LogP) is 7.09. The summed E-state index contributed by atoms with van der Waals surface area (Å²) in [5, 5.41) is 0.636. The maximum Gasteiger partial charge on any atom is 0.241 e. The number of ether oxygens (including phenoxy) is 1. The number of benzene rings is 4. The van der Waals surface area contributed by atoms with Gasteiger partial charge < -0.3 is 4.74 Å². The van der Waals surface area contributed by atoms with Gasteiger partial charge in [0, 0.05) is 14.2 Å². The van der Waals surface area contributed by atoms with Crippen LogP contribution in [0.4, 0.5) is 0 Å². The maximum absolute atomic E-state index is 13.9. The van der Waals surface area contributed by atoms with Crippen LogP contribution in [0.15, 0.2) is 106 Å². The zero-order valence-electron chi connectivity index (χ0n) is 19.6. The van der Waals surface area contributed by atoms with E-state index >= 15 is 0 Å². The van der Waals surface area contributed by atoms with Crippen molar-refractivity contribution in [2.45, 2.75) is 17.4 Å². The molecule has 0 spiro atoms. The van der Waals surface area contributed by atoms with Gasteiger partial charge in [-0.1, -0.05) is 77.8 Å². The summed E-state index contributed by atoms with van der Waals surface area (Å²) in [5.74, 6) is 0.644. The Kier molecular flexibility index (Phi) is 6.72. The van der Waals surface area contributed by atoms with E-state index in [9.17, 15) is 8.42 Å². The number of aryl methyl sites for hydroxylation is 1. The van der Waals surface area contributed by atoms with Gasteiger partial charge in [-0.15, -0.1) is 0 Å². The van der Waals surface area contributed by atoms with Gasteiger partial charge in [0.25, 0.3) is 0 Å². The van der Waals surface area contributed by atoms with Crippen molar-refractivity contribution in [3.8, 4) is 5.75 Å². The third kappa shape index (κ3) is 4.26. The Morgan fingerprint density at radius 3 is 2.19 bits per heavy atom. The number of methoxy groups -OCH3 is 1. The molecule has 4 aromatic rings. The van der Waals surface area contributed by atoms with Gasteiger partial charge in [0.2, 0.25) is 10.0 Å². The van der Waals surface area contributed by atoms with Crippen molar-refractivity contribution in [2.75, 3.05) is 7.11 Å². The quantitative estimate of drug-likeness (QED) is 0.232. The molecule has 0 radical (unpaired) electrons. The molecule has 1 aliphatic carbocycles. The number of hydrogen-bond acceptors (Lipinski definition) is 3. The summed E-state index contributed by atoms with van der Waals surface area (Å²) in [7, 11) is -2.32. The SMILES string of the molecule is COc1ccc2c(c1)[C@](NS(=O)(=O)c1ccc(C)cc1)(c1ccccc1)C(I)=C2c1ccc(Cl)cc1. The molecule has 5 rings (SSSR count). The molecule has 1 N–H and O–H groups in total. The fraction of sp³-hybridized carbons (Fsp3) is 0.103. The van der Waals surface area contributed by atoms with Gasteiger partial charge in [0.05, 0.1) is 12.0 Å². The lowest BCUT2D eigenvalue weighted by molar-refractivity contribution is 0.413. The Balaban J connectivity index is 1.83. The third-order valence-corrected chi connectivity index (χ3v) is 9.48. The third-order valence-electron chi connectivity index (χ3n) is 6.41. The maximum atomic E-state index is 13.9. The average Bonchev–Trinajstić information content (AvgIpc) is 3.12. The second kappa shape index (κ2) is 9.67. The molecular weight excluding hydrogens is 605 g/mol. The van der Waals surface area contributed by atoms with Crippen LogP contribution in [0.2, 0.25) is 5.02 Å². The van der Waals surface area contributed by atoms with Crippen LogP contribution in [0.5, 0.6) is 5.75 Å². The molecule has 4 nitrogen and oxygen atoms in total. The van der Waals surface area contributed by atoms with Crippen LogP contribution in [-0.4, -0.2) is 15.5 Å². The molecule has 0 saturated heterocycles. The second-order valence-electron chi connectivity index (χ2n) is 8.64. The lowest BCUT2D eigenvalue weighted by atomic mass is 9.85. The van der Waals surface area contributed by atoms with Gasteiger partial charge in [-0.25, -0.2) is 8.42 Å². The molecule has 0 unspecified atom stereocenters. The summed E-state index contributed by atoms with van der Waals surface area (Å²) in [6, 6.07) is 29.9. The van der Waals surface area contributed by atoms with Crippen molar-refractivity contribution in [2.24, 2.45) is 0 Å². The fourth-order valence-electron chi connectivity index (χ4n) is 4.61. The van der Waals surface area contributed by atoms with Gasteiger partial charge in [-0.2, -0.15) is 4.72 Å². The minimum Gasteiger partial charge on any atom is -0.497 e. The van der Waals surface area contributed by atoms with E-state index in [0.29, 0.717) is 10.8 Å². The molecule has 0 fully saturated rings. The van der Waals surface area contributed by atoms with Gasteiger partial charge in [-0.05, 0) is 88.2 Å². The number of hydrogen-bond donors (Lipinski definition) is 1. The zero-order chi connectivity index (χ0) is 25.5. The Hall–Kier alpha value is -2.65. The highest BCUT2D eigenvalue weighted by atomic mass is 127. The van der Waals surface area contributed by atoms with Crippen molar-refractivity contribution in [3.63, 3.8) is 0 Å². The molecule has 0 aromatic heterocycles. The molecule has 0 saturated carbocycles. The lowest BCUT2D eigenvalue weighted by Gasteiger charge is -2.33. The average molecular weight is 628 g/mol. The standard InChI is InChI=1S/C29H23ClINO3S/c1-19-8-15-24(16-9-19)36(33,34)32-29(21-6-4-3-5-7-21)26-18-23(35-2)14-17-25(26)27(28(29)31)20-10-12-22(30)13-11-20/h3-18,32H,1-2H3/t29-/m1/s1. The monoisotopic (exact) mass is 627 g/mol. The van der Waals surface area contributed by atoms with E-state index in [2.05, 4.69) is 27.3 Å². The van der Waals surface area contributed by atoms with Crippen LogP contribution < -0.4 is 9.46 Å². The fourth-order valence-corrected chi connectivity index (χ4v) is 7.60. The van der Waals surface area contributed by atoms with E-state index in [-0.39, 0.29) is 4.90 Å². The summed E-state index contributed by atoms with van der Waals surface area (Å²) in [6.07, 6.45) is 0. The van der Waals surface area contributed by atoms with E-state index in [0.717, 1.165) is 37.0 Å². The van der Waals surface area contributed by atoms with Crippen LogP contribution >= 0.6 is 34.2 Å². The molecule has 0 amide bonds. The molecule has 0 aliphatic heterocycles. The van der Waals surface area contributed by atoms with Gasteiger partial charge >= 0.3 is 0 Å². The molecule has 182 valence electrons. The van der Waals surface area contributed by atoms with Gasteiger partial charge in [0.1, 0.15) is 11.3 Å². The number of sulfonamides is 1. The summed E-state index contributed by atoms with van der Waals surface area (Å²) in [4.78, 5) is 0.206. The Morgan fingerprint density at radius 1 is 0.889 bits per heavy atom. The van der Waals surface area contributed by atoms with Crippen molar-refractivity contribution < 1.29 is 13.2 Å². The van der Waals surface area contributed by atoms with Crippen LogP contribution in [0.1, 0.15) is 27.8 Å². The first-order valence-electron chi connectivity index (χ1n) is 11.3.